The summed E-state index contributed by atoms with van der Waals surface area (Å²) in [5, 5.41) is 2.98. The zero-order chi connectivity index (χ0) is 18.8. The Balaban J connectivity index is 1.43. The van der Waals surface area contributed by atoms with Crippen molar-refractivity contribution in [3.05, 3.63) is 71.1 Å². The van der Waals surface area contributed by atoms with Gasteiger partial charge in [0.05, 0.1) is 0 Å². The van der Waals surface area contributed by atoms with Crippen LogP contribution in [0.1, 0.15) is 40.2 Å². The van der Waals surface area contributed by atoms with Crippen LogP contribution in [-0.4, -0.2) is 16.9 Å². The number of ether oxygens (including phenoxy) is 1. The van der Waals surface area contributed by atoms with E-state index in [0.717, 1.165) is 35.6 Å². The largest absolute Gasteiger partial charge is 0.487 e. The van der Waals surface area contributed by atoms with Gasteiger partial charge in [-0.3, -0.25) is 4.79 Å². The Bertz CT molecular complexity index is 939. The summed E-state index contributed by atoms with van der Waals surface area (Å²) in [7, 11) is 0. The van der Waals surface area contributed by atoms with Crippen LogP contribution in [0.25, 0.3) is 11.5 Å². The van der Waals surface area contributed by atoms with Crippen LogP contribution >= 0.6 is 0 Å². The van der Waals surface area contributed by atoms with Gasteiger partial charge in [-0.25, -0.2) is 4.98 Å². The molecule has 1 aliphatic rings. The molecule has 0 saturated heterocycles. The van der Waals surface area contributed by atoms with Gasteiger partial charge in [0.15, 0.2) is 0 Å². The van der Waals surface area contributed by atoms with Gasteiger partial charge in [-0.2, -0.15) is 0 Å². The van der Waals surface area contributed by atoms with Crippen molar-refractivity contribution in [1.29, 1.82) is 0 Å². The Kier molecular flexibility index (Phi) is 4.67. The average Bonchev–Trinajstić information content (AvgIpc) is 3.41. The molecule has 5 heteroatoms. The van der Waals surface area contributed by atoms with Crippen LogP contribution in [0.15, 0.2) is 52.9 Å². The lowest BCUT2D eigenvalue weighted by molar-refractivity contribution is 0.0951. The third kappa shape index (κ3) is 4.19. The van der Waals surface area contributed by atoms with E-state index in [1.54, 1.807) is 12.1 Å². The molecule has 1 aliphatic carbocycles. The van der Waals surface area contributed by atoms with Gasteiger partial charge in [-0.05, 0) is 63.1 Å². The van der Waals surface area contributed by atoms with E-state index >= 15 is 0 Å². The Morgan fingerprint density at radius 3 is 2.48 bits per heavy atom. The molecule has 1 aromatic heterocycles. The number of hydrogen-bond donors (Lipinski definition) is 1. The number of hydrogen-bond acceptors (Lipinski definition) is 4. The zero-order valence-corrected chi connectivity index (χ0v) is 15.5. The maximum Gasteiger partial charge on any atom is 0.251 e. The molecule has 0 atom stereocenters. The molecule has 5 nitrogen and oxygen atoms in total. The maximum absolute atomic E-state index is 12.1. The molecular weight excluding hydrogens is 340 g/mol. The summed E-state index contributed by atoms with van der Waals surface area (Å²) in [5.41, 5.74) is 3.44. The lowest BCUT2D eigenvalue weighted by atomic mass is 10.1. The van der Waals surface area contributed by atoms with Crippen LogP contribution in [0.4, 0.5) is 0 Å². The van der Waals surface area contributed by atoms with E-state index in [0.29, 0.717) is 24.1 Å². The van der Waals surface area contributed by atoms with Gasteiger partial charge in [0, 0.05) is 17.2 Å². The summed E-state index contributed by atoms with van der Waals surface area (Å²) >= 11 is 0. The highest BCUT2D eigenvalue weighted by atomic mass is 16.5. The smallest absolute Gasteiger partial charge is 0.251 e. The van der Waals surface area contributed by atoms with Gasteiger partial charge in [0.25, 0.3) is 5.91 Å². The second-order valence-corrected chi connectivity index (χ2v) is 6.95. The van der Waals surface area contributed by atoms with Gasteiger partial charge in [-0.1, -0.05) is 17.7 Å². The van der Waals surface area contributed by atoms with Gasteiger partial charge in [0.2, 0.25) is 5.89 Å². The summed E-state index contributed by atoms with van der Waals surface area (Å²) in [6.45, 7) is 4.26. The van der Waals surface area contributed by atoms with E-state index in [9.17, 15) is 4.79 Å². The first kappa shape index (κ1) is 17.3. The average molecular weight is 362 g/mol. The standard InChI is InChI=1S/C22H22N2O3/c1-14-3-11-19(12-4-14)26-13-20-15(2)27-22(24-20)17-7-5-16(6-8-17)21(25)23-18-9-10-18/h3-8,11-12,18H,9-10,13H2,1-2H3,(H,23,25). The third-order valence-corrected chi connectivity index (χ3v) is 4.60. The topological polar surface area (TPSA) is 64.4 Å². The molecule has 4 rings (SSSR count). The van der Waals surface area contributed by atoms with E-state index in [1.807, 2.05) is 50.2 Å². The molecule has 3 aromatic rings. The number of aryl methyl sites for hydroxylation is 2. The van der Waals surface area contributed by atoms with Crippen molar-refractivity contribution in [2.24, 2.45) is 0 Å². The monoisotopic (exact) mass is 362 g/mol. The normalized spacial score (nSPS) is 13.4. The summed E-state index contributed by atoms with van der Waals surface area (Å²) in [5.74, 6) is 2.03. The lowest BCUT2D eigenvalue weighted by Gasteiger charge is -2.04. The number of aromatic nitrogens is 1. The van der Waals surface area contributed by atoms with Gasteiger partial charge in [0.1, 0.15) is 23.8 Å². The molecule has 0 radical (unpaired) electrons. The minimum atomic E-state index is -0.0279. The summed E-state index contributed by atoms with van der Waals surface area (Å²) in [6, 6.07) is 15.6. The fourth-order valence-electron chi connectivity index (χ4n) is 2.73. The summed E-state index contributed by atoms with van der Waals surface area (Å²) < 4.78 is 11.6. The van der Waals surface area contributed by atoms with Gasteiger partial charge >= 0.3 is 0 Å². The van der Waals surface area contributed by atoms with Crippen LogP contribution in [-0.2, 0) is 6.61 Å². The van der Waals surface area contributed by atoms with Crippen LogP contribution in [0, 0.1) is 13.8 Å². The molecule has 0 unspecified atom stereocenters. The number of benzene rings is 2. The van der Waals surface area contributed by atoms with Crippen LogP contribution in [0.3, 0.4) is 0 Å². The van der Waals surface area contributed by atoms with Crippen LogP contribution < -0.4 is 10.1 Å². The molecule has 1 amide bonds. The van der Waals surface area contributed by atoms with E-state index in [4.69, 9.17) is 9.15 Å². The first-order chi connectivity index (χ1) is 13.1. The van der Waals surface area contributed by atoms with E-state index < -0.39 is 0 Å². The summed E-state index contributed by atoms with van der Waals surface area (Å²) in [6.07, 6.45) is 2.15. The second-order valence-electron chi connectivity index (χ2n) is 6.95. The fraction of sp³-hybridized carbons (Fsp3) is 0.273. The highest BCUT2D eigenvalue weighted by Crippen LogP contribution is 2.24. The van der Waals surface area contributed by atoms with Crippen molar-refractivity contribution in [2.45, 2.75) is 39.3 Å². The molecule has 0 aliphatic heterocycles. The molecule has 0 spiro atoms. The predicted molar refractivity (Wildman–Crippen MR) is 103 cm³/mol. The maximum atomic E-state index is 12.1. The van der Waals surface area contributed by atoms with Gasteiger partial charge in [-0.15, -0.1) is 0 Å². The van der Waals surface area contributed by atoms with Crippen molar-refractivity contribution in [3.8, 4) is 17.2 Å². The molecule has 27 heavy (non-hydrogen) atoms. The minimum Gasteiger partial charge on any atom is -0.487 e. The molecule has 138 valence electrons. The first-order valence-corrected chi connectivity index (χ1v) is 9.15. The van der Waals surface area contributed by atoms with Gasteiger partial charge < -0.3 is 14.5 Å². The van der Waals surface area contributed by atoms with E-state index in [-0.39, 0.29) is 5.91 Å². The van der Waals surface area contributed by atoms with Crippen molar-refractivity contribution < 1.29 is 13.9 Å². The first-order valence-electron chi connectivity index (χ1n) is 9.15. The van der Waals surface area contributed by atoms with Crippen LogP contribution in [0.5, 0.6) is 5.75 Å². The number of rotatable bonds is 6. The molecule has 2 aromatic carbocycles. The number of oxazole rings is 1. The number of nitrogens with zero attached hydrogens (tertiary/aromatic N) is 1. The Morgan fingerprint density at radius 2 is 1.81 bits per heavy atom. The van der Waals surface area contributed by atoms with Crippen LogP contribution in [0.2, 0.25) is 0 Å². The Hall–Kier alpha value is -3.08. The minimum absolute atomic E-state index is 0.0279. The second kappa shape index (κ2) is 7.27. The molecule has 1 N–H and O–H groups in total. The van der Waals surface area contributed by atoms with Crippen molar-refractivity contribution >= 4 is 5.91 Å². The molecule has 1 saturated carbocycles. The Labute approximate surface area is 158 Å². The molecule has 0 bridgehead atoms. The Morgan fingerprint density at radius 1 is 1.11 bits per heavy atom. The number of carbonyl (C=O) groups is 1. The third-order valence-electron chi connectivity index (χ3n) is 4.60. The number of carbonyl (C=O) groups excluding carboxylic acids is 1. The highest BCUT2D eigenvalue weighted by molar-refractivity contribution is 5.94. The highest BCUT2D eigenvalue weighted by Gasteiger charge is 2.23. The molecular formula is C22H22N2O3. The quantitative estimate of drug-likeness (QED) is 0.704. The number of amides is 1. The molecule has 1 fully saturated rings. The molecule has 1 heterocycles. The van der Waals surface area contributed by atoms with E-state index in [2.05, 4.69) is 10.3 Å². The van der Waals surface area contributed by atoms with Crippen molar-refractivity contribution in [1.82, 2.24) is 10.3 Å². The zero-order valence-electron chi connectivity index (χ0n) is 15.5. The SMILES string of the molecule is Cc1ccc(OCc2nc(-c3ccc(C(=O)NC4CC4)cc3)oc2C)cc1. The van der Waals surface area contributed by atoms with E-state index in [1.165, 1.54) is 5.56 Å². The van der Waals surface area contributed by atoms with Crippen molar-refractivity contribution in [2.75, 3.05) is 0 Å². The fourth-order valence-corrected chi connectivity index (χ4v) is 2.73. The van der Waals surface area contributed by atoms with Crippen molar-refractivity contribution in [3.63, 3.8) is 0 Å². The predicted octanol–water partition coefficient (Wildman–Crippen LogP) is 4.43. The number of nitrogens with one attached hydrogen (secondary N) is 1. The lowest BCUT2D eigenvalue weighted by Crippen LogP contribution is -2.25. The summed E-state index contributed by atoms with van der Waals surface area (Å²) in [4.78, 5) is 16.6.